The molecule has 1 amide bonds. The summed E-state index contributed by atoms with van der Waals surface area (Å²) >= 11 is 0. The topological polar surface area (TPSA) is 72.9 Å². The third-order valence-electron chi connectivity index (χ3n) is 4.29. The van der Waals surface area contributed by atoms with Crippen molar-refractivity contribution in [2.75, 3.05) is 11.9 Å². The lowest BCUT2D eigenvalue weighted by Gasteiger charge is -2.14. The van der Waals surface area contributed by atoms with Crippen LogP contribution < -0.4 is 11.1 Å². The molecule has 1 aromatic heterocycles. The molecule has 3 aromatic rings. The molecule has 3 rings (SSSR count). The zero-order chi connectivity index (χ0) is 19.6. The zero-order valence-electron chi connectivity index (χ0n) is 15.0. The predicted octanol–water partition coefficient (Wildman–Crippen LogP) is 4.06. The fourth-order valence-electron chi connectivity index (χ4n) is 2.70. The van der Waals surface area contributed by atoms with Crippen LogP contribution in [0.2, 0.25) is 0 Å². The van der Waals surface area contributed by atoms with Gasteiger partial charge in [-0.25, -0.2) is 4.98 Å². The molecule has 0 aliphatic carbocycles. The van der Waals surface area contributed by atoms with Gasteiger partial charge in [0.05, 0.1) is 23.1 Å². The number of rotatable bonds is 5. The number of nitrogens with zero attached hydrogens (tertiary/aromatic N) is 2. The first kappa shape index (κ1) is 21.7. The van der Waals surface area contributed by atoms with Gasteiger partial charge in [-0.1, -0.05) is 31.2 Å². The Morgan fingerprint density at radius 3 is 2.61 bits per heavy atom. The summed E-state index contributed by atoms with van der Waals surface area (Å²) in [4.78, 5) is 16.6. The first-order valence-electron chi connectivity index (χ1n) is 8.42. The molecule has 1 unspecified atom stereocenters. The standard InChI is InChI=1S/C19H19F3N4O.ClH/c1-12(10-23)17(27)25-18-24-15-7-2-3-8-16(15)26(18)11-13-5-4-6-14(9-13)19(20,21)22;/h2-9,12H,10-11,23H2,1H3,(H,24,25,27);1H. The van der Waals surface area contributed by atoms with E-state index in [0.717, 1.165) is 12.1 Å². The number of alkyl halides is 3. The normalized spacial score (nSPS) is 12.5. The first-order chi connectivity index (χ1) is 12.8. The zero-order valence-corrected chi connectivity index (χ0v) is 15.8. The molecule has 0 radical (unpaired) electrons. The van der Waals surface area contributed by atoms with E-state index in [1.54, 1.807) is 41.8 Å². The van der Waals surface area contributed by atoms with Gasteiger partial charge in [-0.15, -0.1) is 12.4 Å². The van der Waals surface area contributed by atoms with E-state index in [4.69, 9.17) is 5.73 Å². The molecule has 2 aromatic carbocycles. The lowest BCUT2D eigenvalue weighted by atomic mass is 10.1. The van der Waals surface area contributed by atoms with Gasteiger partial charge in [0.25, 0.3) is 0 Å². The highest BCUT2D eigenvalue weighted by Crippen LogP contribution is 2.30. The highest BCUT2D eigenvalue weighted by Gasteiger charge is 2.30. The van der Waals surface area contributed by atoms with Crippen LogP contribution in [0.15, 0.2) is 48.5 Å². The van der Waals surface area contributed by atoms with Crippen LogP contribution in [0.4, 0.5) is 19.1 Å². The monoisotopic (exact) mass is 412 g/mol. The van der Waals surface area contributed by atoms with E-state index < -0.39 is 17.7 Å². The second-order valence-corrected chi connectivity index (χ2v) is 6.33. The second-order valence-electron chi connectivity index (χ2n) is 6.33. The Morgan fingerprint density at radius 1 is 1.21 bits per heavy atom. The van der Waals surface area contributed by atoms with Crippen molar-refractivity contribution in [2.24, 2.45) is 11.7 Å². The minimum absolute atomic E-state index is 0. The fraction of sp³-hybridized carbons (Fsp3) is 0.263. The van der Waals surface area contributed by atoms with Gasteiger partial charge in [0, 0.05) is 12.5 Å². The van der Waals surface area contributed by atoms with E-state index >= 15 is 0 Å². The van der Waals surface area contributed by atoms with Crippen LogP contribution in [0.5, 0.6) is 0 Å². The van der Waals surface area contributed by atoms with E-state index in [1.807, 2.05) is 0 Å². The van der Waals surface area contributed by atoms with Gasteiger partial charge >= 0.3 is 6.18 Å². The second kappa shape index (κ2) is 8.62. The van der Waals surface area contributed by atoms with Crippen molar-refractivity contribution in [3.63, 3.8) is 0 Å². The number of fused-ring (bicyclic) bond motifs is 1. The number of imidazole rings is 1. The summed E-state index contributed by atoms with van der Waals surface area (Å²) in [6.07, 6.45) is -4.42. The molecule has 150 valence electrons. The van der Waals surface area contributed by atoms with Crippen LogP contribution in [-0.2, 0) is 17.5 Å². The van der Waals surface area contributed by atoms with Crippen LogP contribution in [0.25, 0.3) is 11.0 Å². The lowest BCUT2D eigenvalue weighted by molar-refractivity contribution is -0.137. The van der Waals surface area contributed by atoms with Crippen LogP contribution in [0.1, 0.15) is 18.1 Å². The summed E-state index contributed by atoms with van der Waals surface area (Å²) < 4.78 is 40.7. The van der Waals surface area contributed by atoms with Crippen molar-refractivity contribution >= 4 is 35.3 Å². The molecule has 3 N–H and O–H groups in total. The fourth-order valence-corrected chi connectivity index (χ4v) is 2.70. The molecule has 0 bridgehead atoms. The number of anilines is 1. The number of carbonyl (C=O) groups excluding carboxylic acids is 1. The van der Waals surface area contributed by atoms with Crippen molar-refractivity contribution < 1.29 is 18.0 Å². The van der Waals surface area contributed by atoms with E-state index in [0.29, 0.717) is 16.6 Å². The Hall–Kier alpha value is -2.58. The molecule has 1 atom stereocenters. The van der Waals surface area contributed by atoms with Crippen LogP contribution >= 0.6 is 12.4 Å². The predicted molar refractivity (Wildman–Crippen MR) is 104 cm³/mol. The van der Waals surface area contributed by atoms with E-state index in [-0.39, 0.29) is 37.4 Å². The minimum atomic E-state index is -4.42. The lowest BCUT2D eigenvalue weighted by Crippen LogP contribution is -2.28. The molecule has 9 heteroatoms. The molecule has 0 aliphatic rings. The van der Waals surface area contributed by atoms with Crippen molar-refractivity contribution in [1.29, 1.82) is 0 Å². The number of para-hydroxylation sites is 2. The van der Waals surface area contributed by atoms with Gasteiger partial charge in [-0.3, -0.25) is 10.1 Å². The van der Waals surface area contributed by atoms with Crippen molar-refractivity contribution in [3.05, 3.63) is 59.7 Å². The van der Waals surface area contributed by atoms with Gasteiger partial charge in [0.1, 0.15) is 0 Å². The third kappa shape index (κ3) is 4.63. The maximum atomic E-state index is 13.0. The van der Waals surface area contributed by atoms with Crippen LogP contribution in [0, 0.1) is 5.92 Å². The summed E-state index contributed by atoms with van der Waals surface area (Å²) in [5.74, 6) is -0.427. The van der Waals surface area contributed by atoms with E-state index in [1.165, 1.54) is 6.07 Å². The number of hydrogen-bond donors (Lipinski definition) is 2. The maximum Gasteiger partial charge on any atom is 0.416 e. The Balaban J connectivity index is 0.00000280. The number of benzene rings is 2. The number of aromatic nitrogens is 2. The van der Waals surface area contributed by atoms with Crippen molar-refractivity contribution in [1.82, 2.24) is 9.55 Å². The SMILES string of the molecule is CC(CN)C(=O)Nc1nc2ccccc2n1Cc1cccc(C(F)(F)F)c1.Cl. The number of hydrogen-bond acceptors (Lipinski definition) is 3. The van der Waals surface area contributed by atoms with Crippen molar-refractivity contribution in [3.8, 4) is 0 Å². The highest BCUT2D eigenvalue weighted by atomic mass is 35.5. The van der Waals surface area contributed by atoms with Gasteiger partial charge in [0.15, 0.2) is 0 Å². The largest absolute Gasteiger partial charge is 0.416 e. The van der Waals surface area contributed by atoms with Crippen LogP contribution in [-0.4, -0.2) is 22.0 Å². The van der Waals surface area contributed by atoms with Gasteiger partial charge in [-0.05, 0) is 29.8 Å². The third-order valence-corrected chi connectivity index (χ3v) is 4.29. The molecule has 0 spiro atoms. The summed E-state index contributed by atoms with van der Waals surface area (Å²) in [6, 6.07) is 12.3. The Labute approximate surface area is 166 Å². The van der Waals surface area contributed by atoms with E-state index in [2.05, 4.69) is 10.3 Å². The Morgan fingerprint density at radius 2 is 1.93 bits per heavy atom. The van der Waals surface area contributed by atoms with Crippen LogP contribution in [0.3, 0.4) is 0 Å². The number of carbonyl (C=O) groups is 1. The number of nitrogens with one attached hydrogen (secondary N) is 1. The van der Waals surface area contributed by atoms with Gasteiger partial charge in [-0.2, -0.15) is 13.2 Å². The van der Waals surface area contributed by atoms with Crippen molar-refractivity contribution in [2.45, 2.75) is 19.6 Å². The quantitative estimate of drug-likeness (QED) is 0.663. The number of nitrogens with two attached hydrogens (primary N) is 1. The molecular formula is C19H20ClF3N4O. The average molecular weight is 413 g/mol. The molecular weight excluding hydrogens is 393 g/mol. The number of halogens is 4. The van der Waals surface area contributed by atoms with Gasteiger partial charge < -0.3 is 10.3 Å². The molecule has 28 heavy (non-hydrogen) atoms. The maximum absolute atomic E-state index is 13.0. The molecule has 0 saturated carbocycles. The van der Waals surface area contributed by atoms with Gasteiger partial charge in [0.2, 0.25) is 11.9 Å². The average Bonchev–Trinajstić information content (AvgIpc) is 2.98. The highest BCUT2D eigenvalue weighted by molar-refractivity contribution is 5.93. The summed E-state index contributed by atoms with van der Waals surface area (Å²) in [5.41, 5.74) is 6.62. The first-order valence-corrected chi connectivity index (χ1v) is 8.42. The summed E-state index contributed by atoms with van der Waals surface area (Å²) in [7, 11) is 0. The smallest absolute Gasteiger partial charge is 0.330 e. The molecule has 1 heterocycles. The minimum Gasteiger partial charge on any atom is -0.330 e. The van der Waals surface area contributed by atoms with E-state index in [9.17, 15) is 18.0 Å². The molecule has 0 fully saturated rings. The Bertz CT molecular complexity index is 971. The Kier molecular flexibility index (Phi) is 6.69. The molecule has 5 nitrogen and oxygen atoms in total. The summed E-state index contributed by atoms with van der Waals surface area (Å²) in [5, 5.41) is 2.73. The molecule has 0 saturated heterocycles. The number of amides is 1. The summed E-state index contributed by atoms with van der Waals surface area (Å²) in [6.45, 7) is 2.01. The molecule has 0 aliphatic heterocycles.